The third-order valence-electron chi connectivity index (χ3n) is 3.45. The topological polar surface area (TPSA) is 96.2 Å². The highest BCUT2D eigenvalue weighted by molar-refractivity contribution is 5.91. The van der Waals surface area contributed by atoms with Crippen molar-refractivity contribution in [2.75, 3.05) is 12.8 Å². The zero-order chi connectivity index (χ0) is 15.7. The van der Waals surface area contributed by atoms with Crippen molar-refractivity contribution in [1.29, 1.82) is 0 Å². The summed E-state index contributed by atoms with van der Waals surface area (Å²) in [5.74, 6) is 0.902. The van der Waals surface area contributed by atoms with Gasteiger partial charge in [-0.15, -0.1) is 0 Å². The number of benzene rings is 2. The van der Waals surface area contributed by atoms with E-state index in [4.69, 9.17) is 16.2 Å². The van der Waals surface area contributed by atoms with E-state index in [9.17, 15) is 4.79 Å². The summed E-state index contributed by atoms with van der Waals surface area (Å²) in [6, 6.07) is 12.9. The van der Waals surface area contributed by atoms with Crippen LogP contribution in [0.25, 0.3) is 22.4 Å². The first kappa shape index (κ1) is 13.9. The maximum Gasteiger partial charge on any atom is 0.237 e. The molecule has 3 rings (SSSR count). The van der Waals surface area contributed by atoms with E-state index >= 15 is 0 Å². The van der Waals surface area contributed by atoms with E-state index in [0.717, 1.165) is 11.1 Å². The van der Waals surface area contributed by atoms with Crippen molar-refractivity contribution >= 4 is 22.6 Å². The maximum atomic E-state index is 11.4. The molecule has 6 nitrogen and oxygen atoms in total. The Morgan fingerprint density at radius 2 is 2.05 bits per heavy atom. The highest BCUT2D eigenvalue weighted by atomic mass is 16.5. The molecule has 0 aliphatic rings. The van der Waals surface area contributed by atoms with Crippen LogP contribution in [0.5, 0.6) is 5.75 Å². The number of amides is 1. The zero-order valence-electron chi connectivity index (χ0n) is 12.1. The van der Waals surface area contributed by atoms with Crippen LogP contribution >= 0.6 is 0 Å². The third-order valence-corrected chi connectivity index (χ3v) is 3.45. The average Bonchev–Trinajstić information content (AvgIpc) is 2.87. The Bertz CT molecular complexity index is 854. The van der Waals surface area contributed by atoms with Gasteiger partial charge in [0, 0.05) is 5.56 Å². The molecule has 0 bridgehead atoms. The second-order valence-electron chi connectivity index (χ2n) is 4.93. The van der Waals surface area contributed by atoms with Crippen molar-refractivity contribution in [3.8, 4) is 17.1 Å². The number of carbonyl (C=O) groups excluding carboxylic acids is 1. The number of nitrogen functional groups attached to an aromatic ring is 1. The molecule has 0 aliphatic carbocycles. The van der Waals surface area contributed by atoms with E-state index < -0.39 is 5.91 Å². The summed E-state index contributed by atoms with van der Waals surface area (Å²) in [5, 5.41) is 0. The number of aromatic nitrogens is 2. The number of carbonyl (C=O) groups is 1. The highest BCUT2D eigenvalue weighted by Gasteiger charge is 2.16. The fourth-order valence-corrected chi connectivity index (χ4v) is 2.47. The van der Waals surface area contributed by atoms with Gasteiger partial charge in [0.1, 0.15) is 23.6 Å². The first-order chi connectivity index (χ1) is 10.6. The van der Waals surface area contributed by atoms with E-state index in [0.29, 0.717) is 22.8 Å². The molecule has 0 saturated carbocycles. The Morgan fingerprint density at radius 3 is 2.77 bits per heavy atom. The lowest BCUT2D eigenvalue weighted by molar-refractivity contribution is -0.118. The zero-order valence-corrected chi connectivity index (χ0v) is 12.1. The summed E-state index contributed by atoms with van der Waals surface area (Å²) in [6.07, 6.45) is 0. The second kappa shape index (κ2) is 5.40. The minimum absolute atomic E-state index is 0.0342. The maximum absolute atomic E-state index is 11.4. The Balaban J connectivity index is 2.27. The Morgan fingerprint density at radius 1 is 1.27 bits per heavy atom. The molecule has 0 fully saturated rings. The number of hydrogen-bond donors (Lipinski definition) is 2. The minimum Gasteiger partial charge on any atom is -0.497 e. The SMILES string of the molecule is COc1cccc(-c2nc3c(N)cccc3n2CC(N)=O)c1. The molecule has 1 heterocycles. The highest BCUT2D eigenvalue weighted by Crippen LogP contribution is 2.29. The Kier molecular flexibility index (Phi) is 3.42. The van der Waals surface area contributed by atoms with Crippen molar-refractivity contribution in [2.24, 2.45) is 5.73 Å². The molecule has 22 heavy (non-hydrogen) atoms. The molecule has 0 aliphatic heterocycles. The summed E-state index contributed by atoms with van der Waals surface area (Å²) in [7, 11) is 1.60. The van der Waals surface area contributed by atoms with Gasteiger partial charge in [-0.1, -0.05) is 18.2 Å². The number of para-hydroxylation sites is 1. The van der Waals surface area contributed by atoms with Gasteiger partial charge in [0.15, 0.2) is 0 Å². The van der Waals surface area contributed by atoms with Gasteiger partial charge in [0.05, 0.1) is 18.3 Å². The molecule has 0 radical (unpaired) electrons. The number of primary amides is 1. The van der Waals surface area contributed by atoms with Crippen LogP contribution in [0, 0.1) is 0 Å². The summed E-state index contributed by atoms with van der Waals surface area (Å²) in [5.41, 5.74) is 14.2. The van der Waals surface area contributed by atoms with Gasteiger partial charge >= 0.3 is 0 Å². The van der Waals surface area contributed by atoms with E-state index in [1.807, 2.05) is 36.4 Å². The smallest absolute Gasteiger partial charge is 0.237 e. The molecule has 6 heteroatoms. The molecule has 2 aromatic carbocycles. The molecule has 112 valence electrons. The predicted molar refractivity (Wildman–Crippen MR) is 85.3 cm³/mol. The van der Waals surface area contributed by atoms with Crippen LogP contribution in [-0.4, -0.2) is 22.6 Å². The van der Waals surface area contributed by atoms with Gasteiger partial charge in [0.25, 0.3) is 0 Å². The van der Waals surface area contributed by atoms with Gasteiger partial charge < -0.3 is 20.8 Å². The van der Waals surface area contributed by atoms with Gasteiger partial charge in [-0.3, -0.25) is 4.79 Å². The Labute approximate surface area is 127 Å². The van der Waals surface area contributed by atoms with Crippen LogP contribution in [0.4, 0.5) is 5.69 Å². The minimum atomic E-state index is -0.439. The summed E-state index contributed by atoms with van der Waals surface area (Å²) < 4.78 is 7.01. The molecule has 0 saturated heterocycles. The monoisotopic (exact) mass is 296 g/mol. The fourth-order valence-electron chi connectivity index (χ4n) is 2.47. The van der Waals surface area contributed by atoms with Gasteiger partial charge in [-0.25, -0.2) is 4.98 Å². The summed E-state index contributed by atoms with van der Waals surface area (Å²) in [4.78, 5) is 16.0. The van der Waals surface area contributed by atoms with E-state index in [-0.39, 0.29) is 6.54 Å². The van der Waals surface area contributed by atoms with Crippen molar-refractivity contribution < 1.29 is 9.53 Å². The lowest BCUT2D eigenvalue weighted by atomic mass is 10.2. The Hall–Kier alpha value is -3.02. The summed E-state index contributed by atoms with van der Waals surface area (Å²) in [6.45, 7) is 0.0342. The van der Waals surface area contributed by atoms with Crippen LogP contribution < -0.4 is 16.2 Å². The number of nitrogens with two attached hydrogens (primary N) is 2. The number of hydrogen-bond acceptors (Lipinski definition) is 4. The van der Waals surface area contributed by atoms with E-state index in [1.54, 1.807) is 17.7 Å². The third kappa shape index (κ3) is 2.35. The van der Waals surface area contributed by atoms with Crippen molar-refractivity contribution in [1.82, 2.24) is 9.55 Å². The normalized spacial score (nSPS) is 10.8. The number of fused-ring (bicyclic) bond motifs is 1. The largest absolute Gasteiger partial charge is 0.497 e. The molecule has 1 amide bonds. The molecular weight excluding hydrogens is 280 g/mol. The lowest BCUT2D eigenvalue weighted by Crippen LogP contribution is -2.19. The first-order valence-electron chi connectivity index (χ1n) is 6.77. The molecule has 3 aromatic rings. The van der Waals surface area contributed by atoms with Crippen molar-refractivity contribution in [3.05, 3.63) is 42.5 Å². The number of imidazole rings is 1. The van der Waals surface area contributed by atoms with E-state index in [2.05, 4.69) is 4.98 Å². The molecule has 0 spiro atoms. The van der Waals surface area contributed by atoms with Gasteiger partial charge in [-0.05, 0) is 24.3 Å². The van der Waals surface area contributed by atoms with Crippen LogP contribution in [-0.2, 0) is 11.3 Å². The predicted octanol–water partition coefficient (Wildman–Crippen LogP) is 1.78. The number of nitrogens with zero attached hydrogens (tertiary/aromatic N) is 2. The number of methoxy groups -OCH3 is 1. The van der Waals surface area contributed by atoms with Crippen LogP contribution in [0.1, 0.15) is 0 Å². The number of anilines is 1. The van der Waals surface area contributed by atoms with Crippen LogP contribution in [0.2, 0.25) is 0 Å². The average molecular weight is 296 g/mol. The number of rotatable bonds is 4. The van der Waals surface area contributed by atoms with Crippen molar-refractivity contribution in [2.45, 2.75) is 6.54 Å². The van der Waals surface area contributed by atoms with Crippen LogP contribution in [0.3, 0.4) is 0 Å². The van der Waals surface area contributed by atoms with Crippen molar-refractivity contribution in [3.63, 3.8) is 0 Å². The molecule has 4 N–H and O–H groups in total. The molecule has 0 atom stereocenters. The second-order valence-corrected chi connectivity index (χ2v) is 4.93. The van der Waals surface area contributed by atoms with E-state index in [1.165, 1.54) is 0 Å². The summed E-state index contributed by atoms with van der Waals surface area (Å²) >= 11 is 0. The van der Waals surface area contributed by atoms with Crippen LogP contribution in [0.15, 0.2) is 42.5 Å². The van der Waals surface area contributed by atoms with Gasteiger partial charge in [0.2, 0.25) is 5.91 Å². The molecule has 1 aromatic heterocycles. The first-order valence-corrected chi connectivity index (χ1v) is 6.77. The number of ether oxygens (including phenoxy) is 1. The quantitative estimate of drug-likeness (QED) is 0.717. The molecule has 0 unspecified atom stereocenters. The fraction of sp³-hybridized carbons (Fsp3) is 0.125. The lowest BCUT2D eigenvalue weighted by Gasteiger charge is -2.08. The molecular formula is C16H16N4O2. The van der Waals surface area contributed by atoms with Gasteiger partial charge in [-0.2, -0.15) is 0 Å². The standard InChI is InChI=1S/C16H16N4O2/c1-22-11-5-2-4-10(8-11)16-19-15-12(17)6-3-7-13(15)20(16)9-14(18)21/h2-8H,9,17H2,1H3,(H2,18,21).